The van der Waals surface area contributed by atoms with Crippen LogP contribution in [0.2, 0.25) is 0 Å². The van der Waals surface area contributed by atoms with Crippen molar-refractivity contribution in [1.82, 2.24) is 0 Å². The van der Waals surface area contributed by atoms with Crippen molar-refractivity contribution < 1.29 is 23.8 Å². The fourth-order valence-electron chi connectivity index (χ4n) is 1.07. The van der Waals surface area contributed by atoms with E-state index >= 15 is 0 Å². The summed E-state index contributed by atoms with van der Waals surface area (Å²) in [7, 11) is -9.78. The Kier molecular flexibility index (Phi) is 3.70. The van der Waals surface area contributed by atoms with Gasteiger partial charge < -0.3 is 5.32 Å². The molecule has 0 amide bonds. The molecule has 102 valence electrons. The lowest BCUT2D eigenvalue weighted by Gasteiger charge is -2.40. The summed E-state index contributed by atoms with van der Waals surface area (Å²) in [5.74, 6) is -1.35. The Labute approximate surface area is 100 Å². The van der Waals surface area contributed by atoms with Crippen molar-refractivity contribution >= 4 is 28.3 Å². The van der Waals surface area contributed by atoms with Crippen molar-refractivity contribution in [3.05, 3.63) is 24.0 Å². The summed E-state index contributed by atoms with van der Waals surface area (Å²) < 4.78 is 74.3. The van der Waals surface area contributed by atoms with Gasteiger partial charge in [-0.1, -0.05) is 19.4 Å². The van der Waals surface area contributed by atoms with Gasteiger partial charge in [0, 0.05) is 6.54 Å². The number of nitrogens with one attached hydrogen (secondary N) is 1. The van der Waals surface area contributed by atoms with E-state index in [4.69, 9.17) is 0 Å². The number of hydrogen-bond acceptors (Lipinski definition) is 1. The quantitative estimate of drug-likeness (QED) is 0.743. The molecule has 0 aliphatic rings. The molecular formula is C8H10ClF6NS. The Bertz CT molecular complexity index is 417. The zero-order valence-electron chi connectivity index (χ0n) is 8.52. The van der Waals surface area contributed by atoms with Crippen LogP contribution in [-0.2, 0) is 0 Å². The van der Waals surface area contributed by atoms with Crippen LogP contribution in [0.5, 0.6) is 0 Å². The molecule has 0 aliphatic heterocycles. The first-order chi connectivity index (χ1) is 6.94. The SMILES string of the molecule is CCNc1ccc(S(F)(F)(F)(F)F)cc1F.Cl. The second-order valence-corrected chi connectivity index (χ2v) is 5.55. The highest BCUT2D eigenvalue weighted by atomic mass is 35.5. The van der Waals surface area contributed by atoms with E-state index in [-0.39, 0.29) is 36.8 Å². The predicted molar refractivity (Wildman–Crippen MR) is 59.2 cm³/mol. The summed E-state index contributed by atoms with van der Waals surface area (Å²) in [4.78, 5) is -2.22. The minimum absolute atomic E-state index is 0. The van der Waals surface area contributed by atoms with Gasteiger partial charge in [-0.15, -0.1) is 12.4 Å². The van der Waals surface area contributed by atoms with Crippen LogP contribution in [0.1, 0.15) is 6.92 Å². The first-order valence-electron chi connectivity index (χ1n) is 4.21. The second kappa shape index (κ2) is 3.88. The number of hydrogen-bond donors (Lipinski definition) is 1. The van der Waals surface area contributed by atoms with E-state index in [2.05, 4.69) is 5.32 Å². The van der Waals surface area contributed by atoms with Crippen molar-refractivity contribution in [3.8, 4) is 0 Å². The third kappa shape index (κ3) is 4.19. The van der Waals surface area contributed by atoms with Crippen molar-refractivity contribution in [1.29, 1.82) is 0 Å². The minimum Gasteiger partial charge on any atom is -0.383 e. The fourth-order valence-corrected chi connectivity index (χ4v) is 1.72. The van der Waals surface area contributed by atoms with Gasteiger partial charge in [0.25, 0.3) is 0 Å². The maximum atomic E-state index is 13.0. The number of rotatable bonds is 3. The van der Waals surface area contributed by atoms with Crippen LogP contribution in [0.4, 0.5) is 29.5 Å². The first-order valence-corrected chi connectivity index (χ1v) is 6.16. The second-order valence-electron chi connectivity index (χ2n) is 3.14. The van der Waals surface area contributed by atoms with Gasteiger partial charge in [0.05, 0.1) is 5.69 Å². The Hall–Kier alpha value is -0.760. The van der Waals surface area contributed by atoms with Gasteiger partial charge in [-0.05, 0) is 25.1 Å². The zero-order chi connectivity index (χ0) is 12.7. The number of benzene rings is 1. The molecule has 1 aromatic carbocycles. The van der Waals surface area contributed by atoms with Crippen molar-refractivity contribution in [2.24, 2.45) is 0 Å². The molecule has 0 aromatic heterocycles. The summed E-state index contributed by atoms with van der Waals surface area (Å²) in [6, 6.07) is 0.619. The van der Waals surface area contributed by atoms with E-state index in [0.717, 1.165) is 0 Å². The van der Waals surface area contributed by atoms with Gasteiger partial charge in [-0.25, -0.2) is 4.39 Å². The van der Waals surface area contributed by atoms with E-state index in [0.29, 0.717) is 6.07 Å². The van der Waals surface area contributed by atoms with E-state index in [1.807, 2.05) is 0 Å². The smallest absolute Gasteiger partial charge is 0.310 e. The van der Waals surface area contributed by atoms with E-state index < -0.39 is 20.9 Å². The molecule has 1 rings (SSSR count). The van der Waals surface area contributed by atoms with Crippen LogP contribution in [-0.4, -0.2) is 6.54 Å². The molecule has 0 saturated carbocycles. The molecule has 1 N–H and O–H groups in total. The molecule has 9 heteroatoms. The van der Waals surface area contributed by atoms with Gasteiger partial charge in [0.1, 0.15) is 10.7 Å². The molecule has 0 bridgehead atoms. The highest BCUT2D eigenvalue weighted by Gasteiger charge is 2.65. The van der Waals surface area contributed by atoms with Gasteiger partial charge in [0.2, 0.25) is 0 Å². The molecule has 0 heterocycles. The summed E-state index contributed by atoms with van der Waals surface area (Å²) in [6.45, 7) is 1.87. The molecule has 1 aromatic rings. The minimum atomic E-state index is -9.78. The molecule has 0 aliphatic carbocycles. The Balaban J connectivity index is 0.00000256. The maximum Gasteiger partial charge on any atom is 0.310 e. The van der Waals surface area contributed by atoms with Crippen LogP contribution in [0.15, 0.2) is 23.1 Å². The van der Waals surface area contributed by atoms with E-state index in [9.17, 15) is 23.8 Å². The molecule has 17 heavy (non-hydrogen) atoms. The molecule has 0 atom stereocenters. The third-order valence-corrected chi connectivity index (χ3v) is 2.90. The highest BCUT2D eigenvalue weighted by molar-refractivity contribution is 8.45. The molecule has 0 unspecified atom stereocenters. The summed E-state index contributed by atoms with van der Waals surface area (Å²) in [5, 5.41) is 2.41. The van der Waals surface area contributed by atoms with Gasteiger partial charge in [0.15, 0.2) is 0 Å². The van der Waals surface area contributed by atoms with Crippen LogP contribution in [0.3, 0.4) is 0 Å². The fraction of sp³-hybridized carbons (Fsp3) is 0.250. The largest absolute Gasteiger partial charge is 0.383 e. The Morgan fingerprint density at radius 1 is 1.12 bits per heavy atom. The van der Waals surface area contributed by atoms with Crippen LogP contribution in [0.25, 0.3) is 0 Å². The monoisotopic (exact) mass is 301 g/mol. The van der Waals surface area contributed by atoms with E-state index in [1.54, 1.807) is 6.92 Å². The Morgan fingerprint density at radius 3 is 2.00 bits per heavy atom. The molecular weight excluding hydrogens is 292 g/mol. The third-order valence-electron chi connectivity index (χ3n) is 1.75. The average molecular weight is 302 g/mol. The lowest BCUT2D eigenvalue weighted by atomic mass is 10.3. The summed E-state index contributed by atoms with van der Waals surface area (Å²) in [5.41, 5.74) is -0.242. The lowest BCUT2D eigenvalue weighted by Crippen LogP contribution is -2.07. The molecule has 1 nitrogen and oxygen atoms in total. The lowest BCUT2D eigenvalue weighted by molar-refractivity contribution is 0.363. The summed E-state index contributed by atoms with van der Waals surface area (Å²) in [6.07, 6.45) is 0. The van der Waals surface area contributed by atoms with Crippen molar-refractivity contribution in [2.45, 2.75) is 11.8 Å². The normalized spacial score (nSPS) is 15.5. The van der Waals surface area contributed by atoms with Gasteiger partial charge >= 0.3 is 10.2 Å². The number of anilines is 1. The molecule has 0 spiro atoms. The number of halogens is 7. The first kappa shape index (κ1) is 16.2. The van der Waals surface area contributed by atoms with Crippen LogP contribution < -0.4 is 5.32 Å². The molecule has 0 radical (unpaired) electrons. The molecule has 0 fully saturated rings. The van der Waals surface area contributed by atoms with E-state index in [1.165, 1.54) is 0 Å². The predicted octanol–water partition coefficient (Wildman–Crippen LogP) is 5.34. The Morgan fingerprint density at radius 2 is 1.65 bits per heavy atom. The van der Waals surface area contributed by atoms with Gasteiger partial charge in [-0.3, -0.25) is 0 Å². The van der Waals surface area contributed by atoms with Crippen molar-refractivity contribution in [2.75, 3.05) is 11.9 Å². The highest BCUT2D eigenvalue weighted by Crippen LogP contribution is 3.02. The summed E-state index contributed by atoms with van der Waals surface area (Å²) >= 11 is 0. The van der Waals surface area contributed by atoms with Crippen LogP contribution >= 0.6 is 22.6 Å². The average Bonchev–Trinajstić information content (AvgIpc) is 2.04. The standard InChI is InChI=1S/C8H9F6NS.ClH/c1-2-15-8-4-3-6(5-7(8)9)16(10,11,12,13)14;/h3-5,15H,2H2,1H3;1H. The zero-order valence-corrected chi connectivity index (χ0v) is 10.2. The molecule has 0 saturated heterocycles. The van der Waals surface area contributed by atoms with Crippen LogP contribution in [0, 0.1) is 5.82 Å². The maximum absolute atomic E-state index is 13.0. The topological polar surface area (TPSA) is 12.0 Å². The van der Waals surface area contributed by atoms with Crippen molar-refractivity contribution in [3.63, 3.8) is 0 Å². The van der Waals surface area contributed by atoms with Gasteiger partial charge in [-0.2, -0.15) is 0 Å².